The molecule has 1 aromatic heterocycles. The van der Waals surface area contributed by atoms with Gasteiger partial charge in [-0.3, -0.25) is 0 Å². The van der Waals surface area contributed by atoms with Crippen molar-refractivity contribution < 1.29 is 9.90 Å². The molecule has 0 saturated heterocycles. The molecule has 0 aliphatic carbocycles. The van der Waals surface area contributed by atoms with Crippen molar-refractivity contribution in [3.05, 3.63) is 53.3 Å². The Morgan fingerprint density at radius 3 is 2.43 bits per heavy atom. The number of hydrogen-bond acceptors (Lipinski definition) is 4. The van der Waals surface area contributed by atoms with Crippen molar-refractivity contribution in [2.75, 3.05) is 5.32 Å². The minimum absolute atomic E-state index is 0.257. The summed E-state index contributed by atoms with van der Waals surface area (Å²) in [5.74, 6) is -0.361. The summed E-state index contributed by atoms with van der Waals surface area (Å²) < 4.78 is 0. The van der Waals surface area contributed by atoms with Crippen LogP contribution in [0.3, 0.4) is 0 Å². The van der Waals surface area contributed by atoms with Crippen LogP contribution in [0, 0.1) is 6.92 Å². The lowest BCUT2D eigenvalue weighted by Crippen LogP contribution is -2.22. The number of carboxylic acids is 1. The number of hydrogen-bond donors (Lipinski definition) is 2. The van der Waals surface area contributed by atoms with Crippen LogP contribution in [-0.2, 0) is 4.79 Å². The number of nitrogens with zero attached hydrogens (tertiary/aromatic N) is 2. The molecule has 1 atom stereocenters. The molecule has 1 heterocycles. The van der Waals surface area contributed by atoms with Crippen LogP contribution in [0.1, 0.15) is 42.8 Å². The summed E-state index contributed by atoms with van der Waals surface area (Å²) in [6, 6.07) is 10.0. The molecule has 0 aliphatic rings. The molecule has 2 rings (SSSR count). The molecule has 0 fully saturated rings. The van der Waals surface area contributed by atoms with E-state index in [-0.39, 0.29) is 5.92 Å². The van der Waals surface area contributed by atoms with Crippen molar-refractivity contribution in [3.63, 3.8) is 0 Å². The highest BCUT2D eigenvalue weighted by atomic mass is 16.4. The van der Waals surface area contributed by atoms with Gasteiger partial charge in [0.15, 0.2) is 6.04 Å². The van der Waals surface area contributed by atoms with Crippen LogP contribution < -0.4 is 5.32 Å². The molecule has 110 valence electrons. The van der Waals surface area contributed by atoms with E-state index in [4.69, 9.17) is 0 Å². The Balaban J connectivity index is 2.32. The summed E-state index contributed by atoms with van der Waals surface area (Å²) >= 11 is 0. The fourth-order valence-electron chi connectivity index (χ4n) is 2.02. The molecule has 1 aromatic carbocycles. The van der Waals surface area contributed by atoms with Crippen molar-refractivity contribution in [1.82, 2.24) is 9.97 Å². The highest BCUT2D eigenvalue weighted by Crippen LogP contribution is 2.20. The summed E-state index contributed by atoms with van der Waals surface area (Å²) in [5, 5.41) is 12.3. The zero-order chi connectivity index (χ0) is 15.4. The Bertz CT molecular complexity index is 627. The monoisotopic (exact) mass is 285 g/mol. The molecule has 0 radical (unpaired) electrons. The highest BCUT2D eigenvalue weighted by Gasteiger charge is 2.20. The van der Waals surface area contributed by atoms with Crippen molar-refractivity contribution >= 4 is 11.9 Å². The fourth-order valence-corrected chi connectivity index (χ4v) is 2.02. The van der Waals surface area contributed by atoms with Crippen molar-refractivity contribution in [3.8, 4) is 0 Å². The third kappa shape index (κ3) is 3.78. The van der Waals surface area contributed by atoms with Crippen molar-refractivity contribution in [1.29, 1.82) is 0 Å². The second-order valence-corrected chi connectivity index (χ2v) is 5.24. The zero-order valence-corrected chi connectivity index (χ0v) is 12.4. The van der Waals surface area contributed by atoms with Crippen molar-refractivity contribution in [2.24, 2.45) is 0 Å². The summed E-state index contributed by atoms with van der Waals surface area (Å²) in [5.41, 5.74) is 2.37. The quantitative estimate of drug-likeness (QED) is 0.882. The van der Waals surface area contributed by atoms with Crippen LogP contribution in [0.25, 0.3) is 0 Å². The number of rotatable bonds is 5. The maximum absolute atomic E-state index is 11.5. The van der Waals surface area contributed by atoms with Crippen molar-refractivity contribution in [2.45, 2.75) is 32.7 Å². The molecule has 0 amide bonds. The Kier molecular flexibility index (Phi) is 4.52. The number of carboxylic acid groups (broad SMARTS) is 1. The maximum atomic E-state index is 11.5. The first-order valence-corrected chi connectivity index (χ1v) is 6.87. The van der Waals surface area contributed by atoms with Gasteiger partial charge in [-0.1, -0.05) is 44.2 Å². The van der Waals surface area contributed by atoms with Gasteiger partial charge in [-0.2, -0.15) is 0 Å². The molecule has 0 aliphatic heterocycles. The van der Waals surface area contributed by atoms with E-state index in [0.717, 1.165) is 11.4 Å². The van der Waals surface area contributed by atoms with E-state index in [0.29, 0.717) is 11.5 Å². The predicted octanol–water partition coefficient (Wildman–Crippen LogP) is 3.15. The van der Waals surface area contributed by atoms with Gasteiger partial charge in [-0.25, -0.2) is 14.8 Å². The molecule has 0 spiro atoms. The lowest BCUT2D eigenvalue weighted by Gasteiger charge is -2.16. The van der Waals surface area contributed by atoms with Gasteiger partial charge in [0.05, 0.1) is 0 Å². The number of aryl methyl sites for hydroxylation is 1. The predicted molar refractivity (Wildman–Crippen MR) is 81.3 cm³/mol. The Labute approximate surface area is 124 Å². The minimum atomic E-state index is -0.961. The van der Waals surface area contributed by atoms with E-state index in [1.807, 2.05) is 45.0 Å². The Morgan fingerprint density at radius 2 is 1.86 bits per heavy atom. The van der Waals surface area contributed by atoms with E-state index in [2.05, 4.69) is 15.3 Å². The van der Waals surface area contributed by atoms with E-state index >= 15 is 0 Å². The van der Waals surface area contributed by atoms with Crippen LogP contribution >= 0.6 is 0 Å². The largest absolute Gasteiger partial charge is 0.479 e. The summed E-state index contributed by atoms with van der Waals surface area (Å²) in [7, 11) is 0. The molecule has 5 nitrogen and oxygen atoms in total. The van der Waals surface area contributed by atoms with E-state index in [9.17, 15) is 9.90 Å². The number of carbonyl (C=O) groups is 1. The average Bonchev–Trinajstić information content (AvgIpc) is 2.44. The highest BCUT2D eigenvalue weighted by molar-refractivity contribution is 5.78. The second-order valence-electron chi connectivity index (χ2n) is 5.24. The topological polar surface area (TPSA) is 75.1 Å². The first-order chi connectivity index (χ1) is 9.97. The number of benzene rings is 1. The first kappa shape index (κ1) is 15.0. The zero-order valence-electron chi connectivity index (χ0n) is 12.4. The molecule has 5 heteroatoms. The SMILES string of the molecule is Cc1cc(C(C)C)nc(NC(C(=O)O)c2ccccc2)n1. The average molecular weight is 285 g/mol. The third-order valence-electron chi connectivity index (χ3n) is 3.12. The maximum Gasteiger partial charge on any atom is 0.330 e. The number of aliphatic carboxylic acids is 1. The lowest BCUT2D eigenvalue weighted by atomic mass is 10.1. The minimum Gasteiger partial charge on any atom is -0.479 e. The van der Waals surface area contributed by atoms with E-state index < -0.39 is 12.0 Å². The van der Waals surface area contributed by atoms with Gasteiger partial charge >= 0.3 is 5.97 Å². The van der Waals surface area contributed by atoms with Gasteiger partial charge in [0.2, 0.25) is 5.95 Å². The number of anilines is 1. The van der Waals surface area contributed by atoms with Gasteiger partial charge < -0.3 is 10.4 Å². The van der Waals surface area contributed by atoms with Gasteiger partial charge in [0, 0.05) is 11.4 Å². The molecule has 0 saturated carbocycles. The molecule has 2 N–H and O–H groups in total. The van der Waals surface area contributed by atoms with Crippen LogP contribution in [0.5, 0.6) is 0 Å². The van der Waals surface area contributed by atoms with Gasteiger partial charge in [-0.05, 0) is 24.5 Å². The summed E-state index contributed by atoms with van der Waals surface area (Å²) in [6.45, 7) is 5.95. The summed E-state index contributed by atoms with van der Waals surface area (Å²) in [6.07, 6.45) is 0. The molecule has 2 aromatic rings. The van der Waals surface area contributed by atoms with E-state index in [1.54, 1.807) is 12.1 Å². The third-order valence-corrected chi connectivity index (χ3v) is 3.12. The lowest BCUT2D eigenvalue weighted by molar-refractivity contribution is -0.138. The van der Waals surface area contributed by atoms with Crippen LogP contribution in [0.4, 0.5) is 5.95 Å². The normalized spacial score (nSPS) is 12.2. The Morgan fingerprint density at radius 1 is 1.19 bits per heavy atom. The first-order valence-electron chi connectivity index (χ1n) is 6.87. The Hall–Kier alpha value is -2.43. The number of aromatic nitrogens is 2. The van der Waals surface area contributed by atoms with Crippen LogP contribution in [0.2, 0.25) is 0 Å². The summed E-state index contributed by atoms with van der Waals surface area (Å²) in [4.78, 5) is 20.2. The van der Waals surface area contributed by atoms with Gasteiger partial charge in [0.25, 0.3) is 0 Å². The van der Waals surface area contributed by atoms with Crippen LogP contribution in [-0.4, -0.2) is 21.0 Å². The second kappa shape index (κ2) is 6.35. The van der Waals surface area contributed by atoms with Crippen LogP contribution in [0.15, 0.2) is 36.4 Å². The smallest absolute Gasteiger partial charge is 0.330 e. The van der Waals surface area contributed by atoms with Gasteiger partial charge in [0.1, 0.15) is 0 Å². The molecule has 1 unspecified atom stereocenters. The number of nitrogens with one attached hydrogen (secondary N) is 1. The van der Waals surface area contributed by atoms with Gasteiger partial charge in [-0.15, -0.1) is 0 Å². The fraction of sp³-hybridized carbons (Fsp3) is 0.312. The molecule has 0 bridgehead atoms. The molecule has 21 heavy (non-hydrogen) atoms. The molecular formula is C16H19N3O2. The standard InChI is InChI=1S/C16H19N3O2/c1-10(2)13-9-11(3)17-16(18-13)19-14(15(20)21)12-7-5-4-6-8-12/h4-10,14H,1-3H3,(H,20,21)(H,17,18,19). The molecular weight excluding hydrogens is 266 g/mol. The van der Waals surface area contributed by atoms with E-state index in [1.165, 1.54) is 0 Å².